The Labute approximate surface area is 175 Å². The maximum Gasteiger partial charge on any atom is 0.271 e. The highest BCUT2D eigenvalue weighted by molar-refractivity contribution is 6.30. The molecule has 152 valence electrons. The van der Waals surface area contributed by atoms with Crippen molar-refractivity contribution >= 4 is 23.3 Å². The van der Waals surface area contributed by atoms with Gasteiger partial charge in [0, 0.05) is 29.6 Å². The van der Waals surface area contributed by atoms with Crippen molar-refractivity contribution in [3.8, 4) is 11.8 Å². The first-order valence-electron chi connectivity index (χ1n) is 9.21. The third-order valence-electron chi connectivity index (χ3n) is 4.85. The molecule has 0 spiro atoms. The lowest BCUT2D eigenvalue weighted by Gasteiger charge is -2.27. The molecule has 0 radical (unpaired) electrons. The van der Waals surface area contributed by atoms with Crippen LogP contribution in [-0.2, 0) is 17.6 Å². The summed E-state index contributed by atoms with van der Waals surface area (Å²) in [6.45, 7) is 5.38. The normalized spacial score (nSPS) is 12.7. The SMILES string of the molecule is COc1ccc(Cl)cc1CC(=O)Cc1ccnc(C(=O)NC(C)(C#N)C(C)C)c1. The molecule has 29 heavy (non-hydrogen) atoms. The number of carbonyl (C=O) groups is 2. The number of ether oxygens (including phenoxy) is 1. The second kappa shape index (κ2) is 9.53. The highest BCUT2D eigenvalue weighted by Crippen LogP contribution is 2.23. The number of methoxy groups -OCH3 is 1. The van der Waals surface area contributed by atoms with Gasteiger partial charge >= 0.3 is 0 Å². The number of carbonyl (C=O) groups excluding carboxylic acids is 2. The number of hydrogen-bond donors (Lipinski definition) is 1. The smallest absolute Gasteiger partial charge is 0.271 e. The maximum absolute atomic E-state index is 12.5. The lowest BCUT2D eigenvalue weighted by Crippen LogP contribution is -2.49. The molecule has 0 saturated carbocycles. The summed E-state index contributed by atoms with van der Waals surface area (Å²) in [5.74, 6) is 0.0247. The lowest BCUT2D eigenvalue weighted by atomic mass is 9.90. The van der Waals surface area contributed by atoms with E-state index < -0.39 is 11.4 Å². The molecule has 6 nitrogen and oxygen atoms in total. The van der Waals surface area contributed by atoms with E-state index in [0.29, 0.717) is 21.9 Å². The van der Waals surface area contributed by atoms with Gasteiger partial charge in [0.25, 0.3) is 5.91 Å². The highest BCUT2D eigenvalue weighted by atomic mass is 35.5. The Kier molecular flexibility index (Phi) is 7.35. The van der Waals surface area contributed by atoms with E-state index in [1.807, 2.05) is 13.8 Å². The minimum atomic E-state index is -1.01. The van der Waals surface area contributed by atoms with Crippen LogP contribution in [0.1, 0.15) is 42.4 Å². The number of aromatic nitrogens is 1. The number of nitriles is 1. The van der Waals surface area contributed by atoms with Crippen molar-refractivity contribution in [1.29, 1.82) is 5.26 Å². The Morgan fingerprint density at radius 1 is 1.28 bits per heavy atom. The summed E-state index contributed by atoms with van der Waals surface area (Å²) >= 11 is 6.02. The molecule has 2 aromatic rings. The van der Waals surface area contributed by atoms with E-state index >= 15 is 0 Å². The second-order valence-corrected chi connectivity index (χ2v) is 7.76. The summed E-state index contributed by atoms with van der Waals surface area (Å²) < 4.78 is 5.28. The zero-order valence-corrected chi connectivity index (χ0v) is 17.7. The zero-order chi connectivity index (χ0) is 21.6. The molecular formula is C22H24ClN3O3. The van der Waals surface area contributed by atoms with Crippen LogP contribution in [0, 0.1) is 17.2 Å². The molecule has 1 aromatic carbocycles. The number of nitrogens with one attached hydrogen (secondary N) is 1. The molecule has 0 bridgehead atoms. The summed E-state index contributed by atoms with van der Waals surface area (Å²) in [7, 11) is 1.54. The highest BCUT2D eigenvalue weighted by Gasteiger charge is 2.30. The number of amides is 1. The van der Waals surface area contributed by atoms with Gasteiger partial charge in [-0.25, -0.2) is 0 Å². The topological polar surface area (TPSA) is 92.1 Å². The van der Waals surface area contributed by atoms with Crippen molar-refractivity contribution in [3.63, 3.8) is 0 Å². The standard InChI is InChI=1S/C22H24ClN3O3/c1-14(2)22(3,13-24)26-21(28)19-10-15(7-8-25-19)9-18(27)12-16-11-17(23)5-6-20(16)29-4/h5-8,10-11,14H,9,12H2,1-4H3,(H,26,28). The summed E-state index contributed by atoms with van der Waals surface area (Å²) in [6.07, 6.45) is 1.78. The van der Waals surface area contributed by atoms with E-state index in [1.54, 1.807) is 37.3 Å². The fourth-order valence-electron chi connectivity index (χ4n) is 2.70. The molecule has 1 heterocycles. The van der Waals surface area contributed by atoms with Crippen molar-refractivity contribution in [2.45, 2.75) is 39.2 Å². The van der Waals surface area contributed by atoms with Crippen molar-refractivity contribution in [2.75, 3.05) is 7.11 Å². The van der Waals surface area contributed by atoms with Gasteiger partial charge in [0.05, 0.1) is 13.2 Å². The first-order valence-corrected chi connectivity index (χ1v) is 9.59. The van der Waals surface area contributed by atoms with Crippen LogP contribution >= 0.6 is 11.6 Å². The van der Waals surface area contributed by atoms with E-state index in [4.69, 9.17) is 16.3 Å². The number of benzene rings is 1. The predicted molar refractivity (Wildman–Crippen MR) is 111 cm³/mol. The summed E-state index contributed by atoms with van der Waals surface area (Å²) in [5.41, 5.74) is 0.532. The minimum Gasteiger partial charge on any atom is -0.496 e. The quantitative estimate of drug-likeness (QED) is 0.711. The molecular weight excluding hydrogens is 390 g/mol. The molecule has 1 amide bonds. The van der Waals surface area contributed by atoms with Gasteiger partial charge in [-0.05, 0) is 48.7 Å². The van der Waals surface area contributed by atoms with Gasteiger partial charge in [-0.3, -0.25) is 14.6 Å². The van der Waals surface area contributed by atoms with E-state index in [-0.39, 0.29) is 30.2 Å². The number of pyridine rings is 1. The molecule has 0 aliphatic carbocycles. The van der Waals surface area contributed by atoms with Crippen molar-refractivity contribution in [3.05, 3.63) is 58.4 Å². The molecule has 1 atom stereocenters. The van der Waals surface area contributed by atoms with Crippen molar-refractivity contribution in [2.24, 2.45) is 5.92 Å². The van der Waals surface area contributed by atoms with Gasteiger partial charge in [0.15, 0.2) is 0 Å². The number of nitrogens with zero attached hydrogens (tertiary/aromatic N) is 2. The largest absolute Gasteiger partial charge is 0.496 e. The number of Topliss-reactive ketones (excluding diaryl/α,β-unsaturated/α-hetero) is 1. The molecule has 0 aliphatic heterocycles. The fraction of sp³-hybridized carbons (Fsp3) is 0.364. The Bertz CT molecular complexity index is 953. The van der Waals surface area contributed by atoms with Crippen molar-refractivity contribution in [1.82, 2.24) is 10.3 Å². The van der Waals surface area contributed by atoms with Crippen LogP contribution in [0.4, 0.5) is 0 Å². The van der Waals surface area contributed by atoms with E-state index in [9.17, 15) is 14.9 Å². The minimum absolute atomic E-state index is 0.0489. The van der Waals surface area contributed by atoms with Gasteiger partial charge in [-0.2, -0.15) is 5.26 Å². The van der Waals surface area contributed by atoms with Gasteiger partial charge in [-0.15, -0.1) is 0 Å². The zero-order valence-electron chi connectivity index (χ0n) is 17.0. The molecule has 0 aliphatic rings. The monoisotopic (exact) mass is 413 g/mol. The Morgan fingerprint density at radius 2 is 2.00 bits per heavy atom. The Hall–Kier alpha value is -2.91. The fourth-order valence-corrected chi connectivity index (χ4v) is 2.89. The van der Waals surface area contributed by atoms with Crippen LogP contribution in [0.2, 0.25) is 5.02 Å². The van der Waals surface area contributed by atoms with E-state index in [1.165, 1.54) is 13.3 Å². The average molecular weight is 414 g/mol. The summed E-state index contributed by atoms with van der Waals surface area (Å²) in [5, 5.41) is 12.6. The number of hydrogen-bond acceptors (Lipinski definition) is 5. The van der Waals surface area contributed by atoms with Gasteiger partial charge in [0.2, 0.25) is 0 Å². The Balaban J connectivity index is 2.12. The first kappa shape index (κ1) is 22.4. The van der Waals surface area contributed by atoms with Gasteiger partial charge in [-0.1, -0.05) is 25.4 Å². The second-order valence-electron chi connectivity index (χ2n) is 7.32. The van der Waals surface area contributed by atoms with Crippen LogP contribution in [0.3, 0.4) is 0 Å². The molecule has 2 rings (SSSR count). The molecule has 1 aromatic heterocycles. The molecule has 1 N–H and O–H groups in total. The van der Waals surface area contributed by atoms with Gasteiger partial charge < -0.3 is 10.1 Å². The molecule has 0 fully saturated rings. The number of rotatable bonds is 8. The lowest BCUT2D eigenvalue weighted by molar-refractivity contribution is -0.117. The van der Waals surface area contributed by atoms with Crippen LogP contribution in [0.5, 0.6) is 5.75 Å². The summed E-state index contributed by atoms with van der Waals surface area (Å²) in [6, 6.07) is 10.5. The maximum atomic E-state index is 12.5. The number of halogens is 1. The van der Waals surface area contributed by atoms with E-state index in [2.05, 4.69) is 16.4 Å². The van der Waals surface area contributed by atoms with Crippen molar-refractivity contribution < 1.29 is 14.3 Å². The molecule has 7 heteroatoms. The van der Waals surface area contributed by atoms with Crippen LogP contribution in [-0.4, -0.2) is 29.3 Å². The molecule has 0 saturated heterocycles. The van der Waals surface area contributed by atoms with Crippen LogP contribution in [0.15, 0.2) is 36.5 Å². The predicted octanol–water partition coefficient (Wildman–Crippen LogP) is 3.77. The van der Waals surface area contributed by atoms with Gasteiger partial charge in [0.1, 0.15) is 22.8 Å². The first-order chi connectivity index (χ1) is 13.7. The summed E-state index contributed by atoms with van der Waals surface area (Å²) in [4.78, 5) is 29.2. The average Bonchev–Trinajstić information content (AvgIpc) is 2.68. The van der Waals surface area contributed by atoms with Crippen LogP contribution < -0.4 is 10.1 Å². The Morgan fingerprint density at radius 3 is 2.62 bits per heavy atom. The molecule has 1 unspecified atom stereocenters. The number of ketones is 1. The third-order valence-corrected chi connectivity index (χ3v) is 5.08. The third kappa shape index (κ3) is 5.78. The van der Waals surface area contributed by atoms with E-state index in [0.717, 1.165) is 0 Å². The van der Waals surface area contributed by atoms with Crippen LogP contribution in [0.25, 0.3) is 0 Å².